The Morgan fingerprint density at radius 2 is 1.88 bits per heavy atom. The Hall–Kier alpha value is -1.26. The van der Waals surface area contributed by atoms with Gasteiger partial charge in [0.25, 0.3) is 0 Å². The normalized spacial score (nSPS) is 15.5. The molecule has 1 aliphatic heterocycles. The Morgan fingerprint density at radius 1 is 1.24 bits per heavy atom. The lowest BCUT2D eigenvalue weighted by atomic mass is 10.1. The van der Waals surface area contributed by atoms with Crippen LogP contribution in [0.1, 0.15) is 32.6 Å². The summed E-state index contributed by atoms with van der Waals surface area (Å²) in [5, 5.41) is 2.74. The van der Waals surface area contributed by atoms with Gasteiger partial charge in [-0.3, -0.25) is 4.79 Å². The third kappa shape index (κ3) is 4.63. The average molecular weight is 241 g/mol. The minimum atomic E-state index is -0.112. The van der Waals surface area contributed by atoms with Crippen LogP contribution >= 0.6 is 0 Å². The molecule has 0 unspecified atom stereocenters. The van der Waals surface area contributed by atoms with E-state index in [0.29, 0.717) is 19.5 Å². The second kappa shape index (κ2) is 7.14. The van der Waals surface area contributed by atoms with Crippen molar-refractivity contribution in [3.63, 3.8) is 0 Å². The lowest BCUT2D eigenvalue weighted by Crippen LogP contribution is -2.40. The van der Waals surface area contributed by atoms with Crippen molar-refractivity contribution in [2.75, 3.05) is 33.2 Å². The first-order chi connectivity index (χ1) is 8.15. The molecule has 1 aliphatic rings. The number of carbonyl (C=O) groups is 2. The molecule has 5 nitrogen and oxygen atoms in total. The average Bonchev–Trinajstić information content (AvgIpc) is 2.38. The molecule has 1 N–H and O–H groups in total. The number of likely N-dealkylation sites (tertiary alicyclic amines) is 1. The fourth-order valence-corrected chi connectivity index (χ4v) is 1.86. The Balaban J connectivity index is 2.17. The van der Waals surface area contributed by atoms with Crippen molar-refractivity contribution in [2.24, 2.45) is 0 Å². The van der Waals surface area contributed by atoms with Crippen molar-refractivity contribution in [2.45, 2.75) is 32.6 Å². The minimum absolute atomic E-state index is 0.112. The maximum Gasteiger partial charge on any atom is 0.317 e. The van der Waals surface area contributed by atoms with Gasteiger partial charge in [0.05, 0.1) is 0 Å². The zero-order chi connectivity index (χ0) is 12.7. The van der Waals surface area contributed by atoms with Crippen LogP contribution in [-0.4, -0.2) is 55.0 Å². The number of nitrogens with one attached hydrogen (secondary N) is 1. The van der Waals surface area contributed by atoms with Crippen LogP contribution in [0.15, 0.2) is 0 Å². The first-order valence-corrected chi connectivity index (χ1v) is 6.42. The van der Waals surface area contributed by atoms with Crippen LogP contribution in [0.25, 0.3) is 0 Å². The van der Waals surface area contributed by atoms with Gasteiger partial charge in [-0.2, -0.15) is 0 Å². The minimum Gasteiger partial charge on any atom is -0.343 e. The van der Waals surface area contributed by atoms with Gasteiger partial charge in [-0.25, -0.2) is 4.79 Å². The molecule has 0 aromatic heterocycles. The maximum absolute atomic E-state index is 11.8. The molecule has 0 aromatic carbocycles. The molecular weight excluding hydrogens is 218 g/mol. The third-order valence-corrected chi connectivity index (χ3v) is 3.14. The predicted molar refractivity (Wildman–Crippen MR) is 66.8 cm³/mol. The molecule has 1 fully saturated rings. The largest absolute Gasteiger partial charge is 0.343 e. The summed E-state index contributed by atoms with van der Waals surface area (Å²) in [4.78, 5) is 26.7. The molecule has 0 saturated carbocycles. The van der Waals surface area contributed by atoms with Crippen molar-refractivity contribution in [3.8, 4) is 0 Å². The number of carbonyl (C=O) groups excluding carboxylic acids is 2. The summed E-state index contributed by atoms with van der Waals surface area (Å²) in [5.41, 5.74) is 0. The fourth-order valence-electron chi connectivity index (χ4n) is 1.86. The zero-order valence-corrected chi connectivity index (χ0v) is 10.9. The maximum atomic E-state index is 11.8. The van der Waals surface area contributed by atoms with E-state index in [1.165, 1.54) is 6.42 Å². The predicted octanol–water partition coefficient (Wildman–Crippen LogP) is 1.05. The molecule has 98 valence electrons. The van der Waals surface area contributed by atoms with Crippen LogP contribution in [0.5, 0.6) is 0 Å². The van der Waals surface area contributed by atoms with Gasteiger partial charge in [-0.05, 0) is 26.2 Å². The van der Waals surface area contributed by atoms with Crippen LogP contribution in [0.2, 0.25) is 0 Å². The van der Waals surface area contributed by atoms with E-state index in [1.54, 1.807) is 11.9 Å². The van der Waals surface area contributed by atoms with Gasteiger partial charge in [0.15, 0.2) is 0 Å². The van der Waals surface area contributed by atoms with Crippen LogP contribution < -0.4 is 5.32 Å². The van der Waals surface area contributed by atoms with Gasteiger partial charge in [-0.15, -0.1) is 0 Å². The van der Waals surface area contributed by atoms with Gasteiger partial charge < -0.3 is 15.1 Å². The number of rotatable bonds is 4. The van der Waals surface area contributed by atoms with Crippen LogP contribution in [-0.2, 0) is 4.79 Å². The fraction of sp³-hybridized carbons (Fsp3) is 0.833. The standard InChI is InChI=1S/C12H23N3O2/c1-3-14(2)12(17)13-8-7-11(16)15-9-5-4-6-10-15/h3-10H2,1-2H3,(H,13,17). The first kappa shape index (κ1) is 13.8. The van der Waals surface area contributed by atoms with Crippen molar-refractivity contribution in [1.29, 1.82) is 0 Å². The second-order valence-electron chi connectivity index (χ2n) is 4.44. The van der Waals surface area contributed by atoms with Crippen molar-refractivity contribution in [3.05, 3.63) is 0 Å². The summed E-state index contributed by atoms with van der Waals surface area (Å²) in [6.45, 7) is 4.77. The SMILES string of the molecule is CCN(C)C(=O)NCCC(=O)N1CCCCC1. The van der Waals surface area contributed by atoms with Crippen LogP contribution in [0.4, 0.5) is 4.79 Å². The van der Waals surface area contributed by atoms with Crippen molar-refractivity contribution < 1.29 is 9.59 Å². The molecule has 1 saturated heterocycles. The van der Waals surface area contributed by atoms with Gasteiger partial charge >= 0.3 is 6.03 Å². The van der Waals surface area contributed by atoms with E-state index in [1.807, 2.05) is 11.8 Å². The molecule has 5 heteroatoms. The van der Waals surface area contributed by atoms with Crippen LogP contribution in [0.3, 0.4) is 0 Å². The summed E-state index contributed by atoms with van der Waals surface area (Å²) < 4.78 is 0. The van der Waals surface area contributed by atoms with Crippen molar-refractivity contribution in [1.82, 2.24) is 15.1 Å². The van der Waals surface area contributed by atoms with E-state index < -0.39 is 0 Å². The molecule has 3 amide bonds. The highest BCUT2D eigenvalue weighted by Gasteiger charge is 2.16. The molecule has 0 atom stereocenters. The lowest BCUT2D eigenvalue weighted by Gasteiger charge is -2.26. The van der Waals surface area contributed by atoms with Gasteiger partial charge in [0, 0.05) is 39.6 Å². The molecular formula is C12H23N3O2. The molecule has 0 bridgehead atoms. The Morgan fingerprint density at radius 3 is 2.47 bits per heavy atom. The molecule has 17 heavy (non-hydrogen) atoms. The Kier molecular flexibility index (Phi) is 5.80. The van der Waals surface area contributed by atoms with E-state index >= 15 is 0 Å². The van der Waals surface area contributed by atoms with E-state index in [-0.39, 0.29) is 11.9 Å². The summed E-state index contributed by atoms with van der Waals surface area (Å²) in [7, 11) is 1.74. The Bertz CT molecular complexity index is 262. The highest BCUT2D eigenvalue weighted by molar-refractivity contribution is 5.78. The Labute approximate surface area is 103 Å². The zero-order valence-electron chi connectivity index (χ0n) is 10.9. The smallest absolute Gasteiger partial charge is 0.317 e. The van der Waals surface area contributed by atoms with Crippen molar-refractivity contribution >= 4 is 11.9 Å². The molecule has 0 aliphatic carbocycles. The number of piperidine rings is 1. The van der Waals surface area contributed by atoms with E-state index in [4.69, 9.17) is 0 Å². The van der Waals surface area contributed by atoms with E-state index in [0.717, 1.165) is 25.9 Å². The highest BCUT2D eigenvalue weighted by Crippen LogP contribution is 2.09. The summed E-state index contributed by atoms with van der Waals surface area (Å²) in [5.74, 6) is 0.157. The number of hydrogen-bond acceptors (Lipinski definition) is 2. The molecule has 0 spiro atoms. The number of urea groups is 1. The molecule has 1 rings (SSSR count). The monoisotopic (exact) mass is 241 g/mol. The third-order valence-electron chi connectivity index (χ3n) is 3.14. The quantitative estimate of drug-likeness (QED) is 0.800. The molecule has 1 heterocycles. The number of nitrogens with zero attached hydrogens (tertiary/aromatic N) is 2. The molecule has 0 aromatic rings. The first-order valence-electron chi connectivity index (χ1n) is 6.42. The lowest BCUT2D eigenvalue weighted by molar-refractivity contribution is -0.131. The van der Waals surface area contributed by atoms with Gasteiger partial charge in [0.1, 0.15) is 0 Å². The van der Waals surface area contributed by atoms with E-state index in [2.05, 4.69) is 5.32 Å². The molecule has 0 radical (unpaired) electrons. The van der Waals surface area contributed by atoms with Crippen LogP contribution in [0, 0.1) is 0 Å². The van der Waals surface area contributed by atoms with Gasteiger partial charge in [0.2, 0.25) is 5.91 Å². The highest BCUT2D eigenvalue weighted by atomic mass is 16.2. The van der Waals surface area contributed by atoms with Gasteiger partial charge in [-0.1, -0.05) is 0 Å². The van der Waals surface area contributed by atoms with E-state index in [9.17, 15) is 9.59 Å². The topological polar surface area (TPSA) is 52.7 Å². The number of amides is 3. The number of hydrogen-bond donors (Lipinski definition) is 1. The second-order valence-corrected chi connectivity index (χ2v) is 4.44. The summed E-state index contributed by atoms with van der Waals surface area (Å²) >= 11 is 0. The summed E-state index contributed by atoms with van der Waals surface area (Å²) in [6.07, 6.45) is 3.85. The summed E-state index contributed by atoms with van der Waals surface area (Å²) in [6, 6.07) is -0.112.